The van der Waals surface area contributed by atoms with Crippen LogP contribution in [0.2, 0.25) is 0 Å². The van der Waals surface area contributed by atoms with Crippen molar-refractivity contribution in [3.8, 4) is 0 Å². The highest BCUT2D eigenvalue weighted by Gasteiger charge is 2.25. The van der Waals surface area contributed by atoms with E-state index in [2.05, 4.69) is 19.8 Å². The minimum absolute atomic E-state index is 0.0531. The maximum atomic E-state index is 12.8. The predicted molar refractivity (Wildman–Crippen MR) is 103 cm³/mol. The number of hydrogen-bond acceptors (Lipinski definition) is 5. The summed E-state index contributed by atoms with van der Waals surface area (Å²) in [4.78, 5) is 26.6. The van der Waals surface area contributed by atoms with Crippen LogP contribution < -0.4 is 4.90 Å². The molecule has 1 aliphatic carbocycles. The first-order valence-electron chi connectivity index (χ1n) is 9.61. The van der Waals surface area contributed by atoms with Crippen LogP contribution in [0.3, 0.4) is 0 Å². The molecule has 0 atom stereocenters. The van der Waals surface area contributed by atoms with Crippen molar-refractivity contribution in [3.63, 3.8) is 0 Å². The molecule has 5 nitrogen and oxygen atoms in total. The third-order valence-electron chi connectivity index (χ3n) is 5.34. The second kappa shape index (κ2) is 7.54. The van der Waals surface area contributed by atoms with E-state index in [-0.39, 0.29) is 5.78 Å². The van der Waals surface area contributed by atoms with E-state index in [0.29, 0.717) is 11.3 Å². The summed E-state index contributed by atoms with van der Waals surface area (Å²) in [7, 11) is 0. The van der Waals surface area contributed by atoms with Crippen LogP contribution in [0.25, 0.3) is 0 Å². The van der Waals surface area contributed by atoms with Crippen molar-refractivity contribution < 1.29 is 4.79 Å². The molecule has 5 heteroatoms. The predicted octanol–water partition coefficient (Wildman–Crippen LogP) is 2.94. The smallest absolute Gasteiger partial charge is 0.213 e. The average molecular weight is 350 g/mol. The third-order valence-corrected chi connectivity index (χ3v) is 5.34. The number of nitrogens with zero attached hydrogens (tertiary/aromatic N) is 4. The Balaban J connectivity index is 1.48. The fourth-order valence-corrected chi connectivity index (χ4v) is 3.64. The van der Waals surface area contributed by atoms with E-state index in [4.69, 9.17) is 0 Å². The summed E-state index contributed by atoms with van der Waals surface area (Å²) in [6.07, 6.45) is 5.66. The molecule has 0 spiro atoms. The third kappa shape index (κ3) is 3.93. The highest BCUT2D eigenvalue weighted by molar-refractivity contribution is 6.08. The number of pyridine rings is 2. The lowest BCUT2D eigenvalue weighted by atomic mass is 10.1. The van der Waals surface area contributed by atoms with Crippen molar-refractivity contribution in [1.82, 2.24) is 14.9 Å². The molecule has 0 aromatic carbocycles. The lowest BCUT2D eigenvalue weighted by molar-refractivity contribution is 0.103. The summed E-state index contributed by atoms with van der Waals surface area (Å²) in [6, 6.07) is 9.38. The molecule has 4 rings (SSSR count). The molecular formula is C21H26N4O. The van der Waals surface area contributed by atoms with Crippen LogP contribution in [0.4, 0.5) is 5.82 Å². The molecule has 2 fully saturated rings. The van der Waals surface area contributed by atoms with E-state index in [1.807, 2.05) is 25.1 Å². The molecule has 1 aliphatic heterocycles. The number of aryl methyl sites for hydroxylation is 1. The second-order valence-electron chi connectivity index (χ2n) is 7.43. The molecule has 1 saturated heterocycles. The average Bonchev–Trinajstić information content (AvgIpc) is 3.50. The molecule has 26 heavy (non-hydrogen) atoms. The highest BCUT2D eigenvalue weighted by Crippen LogP contribution is 2.30. The number of anilines is 1. The van der Waals surface area contributed by atoms with Crippen molar-refractivity contribution in [2.45, 2.75) is 26.2 Å². The van der Waals surface area contributed by atoms with Gasteiger partial charge in [0.25, 0.3) is 0 Å². The molecule has 0 bridgehead atoms. The van der Waals surface area contributed by atoms with Crippen LogP contribution >= 0.6 is 0 Å². The molecule has 2 aromatic heterocycles. The standard InChI is InChI=1S/C21H26N4O/c1-16-18(5-3-10-22-16)21(26)19-6-2-7-20(23-19)25-12-4-11-24(13-14-25)15-17-8-9-17/h2-3,5-7,10,17H,4,8-9,11-15H2,1H3. The van der Waals surface area contributed by atoms with Gasteiger partial charge in [0.15, 0.2) is 0 Å². The number of rotatable bonds is 5. The van der Waals surface area contributed by atoms with Crippen molar-refractivity contribution in [3.05, 3.63) is 53.5 Å². The van der Waals surface area contributed by atoms with Gasteiger partial charge in [0.05, 0.1) is 0 Å². The van der Waals surface area contributed by atoms with Gasteiger partial charge in [-0.2, -0.15) is 0 Å². The number of carbonyl (C=O) groups excluding carboxylic acids is 1. The number of ketones is 1. The lowest BCUT2D eigenvalue weighted by Gasteiger charge is -2.23. The van der Waals surface area contributed by atoms with E-state index in [1.54, 1.807) is 18.3 Å². The van der Waals surface area contributed by atoms with Gasteiger partial charge in [0.1, 0.15) is 11.5 Å². The molecule has 0 radical (unpaired) electrons. The molecule has 0 N–H and O–H groups in total. The van der Waals surface area contributed by atoms with E-state index in [9.17, 15) is 4.79 Å². The van der Waals surface area contributed by atoms with Gasteiger partial charge in [0.2, 0.25) is 5.78 Å². The summed E-state index contributed by atoms with van der Waals surface area (Å²) in [6.45, 7) is 7.33. The molecule has 1 saturated carbocycles. The van der Waals surface area contributed by atoms with E-state index in [0.717, 1.165) is 43.5 Å². The van der Waals surface area contributed by atoms with Crippen LogP contribution in [0, 0.1) is 12.8 Å². The summed E-state index contributed by atoms with van der Waals surface area (Å²) in [5.41, 5.74) is 1.87. The maximum Gasteiger partial charge on any atom is 0.213 e. The Morgan fingerprint density at radius 2 is 2.00 bits per heavy atom. The molecule has 0 unspecified atom stereocenters. The molecule has 2 aromatic rings. The van der Waals surface area contributed by atoms with Crippen LogP contribution in [0.1, 0.15) is 41.0 Å². The van der Waals surface area contributed by atoms with Crippen LogP contribution in [-0.2, 0) is 0 Å². The Bertz CT molecular complexity index is 787. The van der Waals surface area contributed by atoms with Gasteiger partial charge in [-0.1, -0.05) is 6.07 Å². The molecule has 0 amide bonds. The largest absolute Gasteiger partial charge is 0.355 e. The molecule has 3 heterocycles. The Labute approximate surface area is 155 Å². The van der Waals surface area contributed by atoms with Gasteiger partial charge in [-0.05, 0) is 62.9 Å². The summed E-state index contributed by atoms with van der Waals surface area (Å²) >= 11 is 0. The summed E-state index contributed by atoms with van der Waals surface area (Å²) in [5.74, 6) is 1.79. The van der Waals surface area contributed by atoms with Crippen molar-refractivity contribution in [1.29, 1.82) is 0 Å². The van der Waals surface area contributed by atoms with Crippen molar-refractivity contribution in [2.24, 2.45) is 5.92 Å². The number of hydrogen-bond donors (Lipinski definition) is 0. The molecular weight excluding hydrogens is 324 g/mol. The fourth-order valence-electron chi connectivity index (χ4n) is 3.64. The Morgan fingerprint density at radius 1 is 1.12 bits per heavy atom. The van der Waals surface area contributed by atoms with Crippen molar-refractivity contribution in [2.75, 3.05) is 37.6 Å². The monoisotopic (exact) mass is 350 g/mol. The van der Waals surface area contributed by atoms with Gasteiger partial charge in [-0.15, -0.1) is 0 Å². The Kier molecular flexibility index (Phi) is 4.98. The SMILES string of the molecule is Cc1ncccc1C(=O)c1cccc(N2CCCN(CC3CC3)CC2)n1. The minimum atomic E-state index is -0.0531. The first-order valence-corrected chi connectivity index (χ1v) is 9.61. The first-order chi connectivity index (χ1) is 12.7. The molecule has 136 valence electrons. The van der Waals surface area contributed by atoms with Gasteiger partial charge >= 0.3 is 0 Å². The zero-order valence-corrected chi connectivity index (χ0v) is 15.4. The van der Waals surface area contributed by atoms with E-state index >= 15 is 0 Å². The normalized spacial score (nSPS) is 18.6. The van der Waals surface area contributed by atoms with E-state index < -0.39 is 0 Å². The van der Waals surface area contributed by atoms with E-state index in [1.165, 1.54) is 25.9 Å². The van der Waals surface area contributed by atoms with Crippen LogP contribution in [0.5, 0.6) is 0 Å². The highest BCUT2D eigenvalue weighted by atomic mass is 16.1. The van der Waals surface area contributed by atoms with Gasteiger partial charge in [0, 0.05) is 43.6 Å². The summed E-state index contributed by atoms with van der Waals surface area (Å²) < 4.78 is 0. The number of carbonyl (C=O) groups is 1. The number of aromatic nitrogens is 2. The topological polar surface area (TPSA) is 49.3 Å². The fraction of sp³-hybridized carbons (Fsp3) is 0.476. The quantitative estimate of drug-likeness (QED) is 0.776. The summed E-state index contributed by atoms with van der Waals surface area (Å²) in [5, 5.41) is 0. The van der Waals surface area contributed by atoms with Crippen LogP contribution in [-0.4, -0.2) is 53.4 Å². The minimum Gasteiger partial charge on any atom is -0.355 e. The lowest BCUT2D eigenvalue weighted by Crippen LogP contribution is -2.32. The Morgan fingerprint density at radius 3 is 2.81 bits per heavy atom. The van der Waals surface area contributed by atoms with Gasteiger partial charge in [-0.3, -0.25) is 9.78 Å². The Hall–Kier alpha value is -2.27. The zero-order valence-electron chi connectivity index (χ0n) is 15.4. The van der Waals surface area contributed by atoms with Gasteiger partial charge < -0.3 is 9.80 Å². The van der Waals surface area contributed by atoms with Crippen molar-refractivity contribution >= 4 is 11.6 Å². The second-order valence-corrected chi connectivity index (χ2v) is 7.43. The first kappa shape index (κ1) is 17.2. The van der Waals surface area contributed by atoms with Gasteiger partial charge in [-0.25, -0.2) is 4.98 Å². The van der Waals surface area contributed by atoms with Crippen LogP contribution in [0.15, 0.2) is 36.5 Å². The zero-order chi connectivity index (χ0) is 17.9. The molecule has 2 aliphatic rings. The maximum absolute atomic E-state index is 12.8.